The van der Waals surface area contributed by atoms with E-state index in [0.29, 0.717) is 50.5 Å². The summed E-state index contributed by atoms with van der Waals surface area (Å²) in [6.45, 7) is 16.9. The largest absolute Gasteiger partial charge is 0.456 e. The first-order valence-electron chi connectivity index (χ1n) is 24.4. The minimum atomic E-state index is -2.50. The van der Waals surface area contributed by atoms with E-state index in [1.807, 2.05) is 78.0 Å². The Labute approximate surface area is 401 Å². The molecule has 370 valence electrons. The van der Waals surface area contributed by atoms with Crippen LogP contribution in [0.1, 0.15) is 145 Å². The molecule has 3 saturated heterocycles. The molecule has 0 aliphatic carbocycles. The molecular formula is C52H78BrNO12. The second-order valence-electron chi connectivity index (χ2n) is 20.1. The molecule has 0 aromatic heterocycles. The van der Waals surface area contributed by atoms with E-state index in [9.17, 15) is 39.9 Å². The summed E-state index contributed by atoms with van der Waals surface area (Å²) in [6.07, 6.45) is 3.53. The Balaban J connectivity index is 1.50. The smallest absolute Gasteiger partial charge is 0.329 e. The molecule has 5 N–H and O–H groups in total. The predicted octanol–water partition coefficient (Wildman–Crippen LogP) is 7.80. The number of carbonyl (C=O) groups is 3. The fraction of sp³-hybridized carbons (Fsp3) is 0.712. The molecule has 16 unspecified atom stereocenters. The molecule has 4 bridgehead atoms. The van der Waals surface area contributed by atoms with E-state index in [4.69, 9.17) is 18.9 Å². The van der Waals surface area contributed by atoms with Crippen molar-refractivity contribution in [3.63, 3.8) is 0 Å². The molecule has 4 aliphatic rings. The molecule has 4 aliphatic heterocycles. The van der Waals surface area contributed by atoms with E-state index in [0.717, 1.165) is 21.2 Å². The van der Waals surface area contributed by atoms with Gasteiger partial charge in [0.25, 0.3) is 11.7 Å². The van der Waals surface area contributed by atoms with Gasteiger partial charge in [0.2, 0.25) is 5.79 Å². The van der Waals surface area contributed by atoms with Crippen molar-refractivity contribution >= 4 is 33.6 Å². The number of aliphatic hydroxyl groups is 5. The number of hydrogen-bond donors (Lipinski definition) is 5. The number of aliphatic hydroxyl groups excluding tert-OH is 4. The minimum absolute atomic E-state index is 0.00982. The highest BCUT2D eigenvalue weighted by Crippen LogP contribution is 2.40. The Hall–Kier alpha value is -2.79. The summed E-state index contributed by atoms with van der Waals surface area (Å²) in [4.78, 5) is 44.0. The maximum absolute atomic E-state index is 14.3. The lowest BCUT2D eigenvalue weighted by atomic mass is 9.83. The van der Waals surface area contributed by atoms with E-state index in [1.54, 1.807) is 13.8 Å². The zero-order valence-corrected chi connectivity index (χ0v) is 42.2. The number of ether oxygens (including phenoxy) is 4. The monoisotopic (exact) mass is 987 g/mol. The van der Waals surface area contributed by atoms with Crippen LogP contribution in [0.5, 0.6) is 0 Å². The number of halogens is 1. The van der Waals surface area contributed by atoms with Crippen molar-refractivity contribution in [1.29, 1.82) is 0 Å². The minimum Gasteiger partial charge on any atom is -0.456 e. The van der Waals surface area contributed by atoms with Crippen LogP contribution >= 0.6 is 15.9 Å². The molecule has 1 aromatic rings. The topological polar surface area (TPSA) is 193 Å². The number of benzene rings is 1. The Morgan fingerprint density at radius 3 is 2.30 bits per heavy atom. The summed E-state index contributed by atoms with van der Waals surface area (Å²) < 4.78 is 26.3. The highest BCUT2D eigenvalue weighted by molar-refractivity contribution is 9.10. The first kappa shape index (κ1) is 54.2. The van der Waals surface area contributed by atoms with Gasteiger partial charge in [-0.15, -0.1) is 0 Å². The molecular weight excluding hydrogens is 910 g/mol. The van der Waals surface area contributed by atoms with Crippen LogP contribution in [0.15, 0.2) is 63.7 Å². The number of cyclic esters (lactones) is 1. The number of allylic oxidation sites excluding steroid dienone is 1. The average Bonchev–Trinajstić information content (AvgIpc) is 3.28. The van der Waals surface area contributed by atoms with Crippen molar-refractivity contribution in [2.45, 2.75) is 200 Å². The van der Waals surface area contributed by atoms with Crippen LogP contribution < -0.4 is 0 Å². The maximum atomic E-state index is 14.3. The van der Waals surface area contributed by atoms with Crippen LogP contribution in [0.25, 0.3) is 0 Å². The summed E-state index contributed by atoms with van der Waals surface area (Å²) in [6, 6.07) is 6.51. The van der Waals surface area contributed by atoms with Gasteiger partial charge in [0.1, 0.15) is 12.1 Å². The Morgan fingerprint density at radius 1 is 0.939 bits per heavy atom. The Kier molecular flexibility index (Phi) is 19.8. The highest BCUT2D eigenvalue weighted by Gasteiger charge is 2.53. The first-order chi connectivity index (χ1) is 31.1. The molecule has 14 heteroatoms. The number of ketones is 1. The van der Waals surface area contributed by atoms with Gasteiger partial charge < -0.3 is 49.4 Å². The van der Waals surface area contributed by atoms with E-state index in [1.165, 1.54) is 4.90 Å². The Morgan fingerprint density at radius 2 is 1.64 bits per heavy atom. The summed E-state index contributed by atoms with van der Waals surface area (Å²) >= 11 is 3.50. The van der Waals surface area contributed by atoms with Gasteiger partial charge in [0.05, 0.1) is 42.7 Å². The van der Waals surface area contributed by atoms with E-state index < -0.39 is 96.4 Å². The highest BCUT2D eigenvalue weighted by atomic mass is 79.9. The fourth-order valence-electron chi connectivity index (χ4n) is 10.0. The number of Topliss-reactive ketones (excluding diaryl/α,β-unsaturated/α-hetero) is 1. The number of carbonyl (C=O) groups excluding carboxylic acids is 3. The molecule has 0 radical (unpaired) electrons. The third-order valence-electron chi connectivity index (χ3n) is 14.7. The molecule has 1 aromatic carbocycles. The van der Waals surface area contributed by atoms with E-state index >= 15 is 0 Å². The van der Waals surface area contributed by atoms with Crippen LogP contribution in [-0.4, -0.2) is 115 Å². The lowest BCUT2D eigenvalue weighted by Gasteiger charge is -2.43. The van der Waals surface area contributed by atoms with Crippen LogP contribution in [0.4, 0.5) is 0 Å². The van der Waals surface area contributed by atoms with Crippen molar-refractivity contribution in [2.75, 3.05) is 6.54 Å². The molecule has 3 fully saturated rings. The number of esters is 1. The zero-order valence-electron chi connectivity index (χ0n) is 40.6. The van der Waals surface area contributed by atoms with Crippen LogP contribution in [0.3, 0.4) is 0 Å². The number of rotatable bonds is 5. The van der Waals surface area contributed by atoms with Crippen LogP contribution in [-0.2, 0) is 33.3 Å². The Bertz CT molecular complexity index is 1880. The number of nitrogens with zero attached hydrogens (tertiary/aromatic N) is 1. The van der Waals surface area contributed by atoms with Crippen molar-refractivity contribution in [1.82, 2.24) is 4.90 Å². The molecule has 16 atom stereocenters. The first-order valence-corrected chi connectivity index (χ1v) is 25.2. The lowest BCUT2D eigenvalue weighted by molar-refractivity contribution is -0.275. The van der Waals surface area contributed by atoms with Crippen molar-refractivity contribution in [3.05, 3.63) is 69.2 Å². The van der Waals surface area contributed by atoms with Crippen molar-refractivity contribution < 1.29 is 58.9 Å². The van der Waals surface area contributed by atoms with Crippen molar-refractivity contribution in [2.24, 2.45) is 29.6 Å². The van der Waals surface area contributed by atoms with Gasteiger partial charge in [0.15, 0.2) is 6.29 Å². The molecule has 1 amide bonds. The fourth-order valence-corrected chi connectivity index (χ4v) is 10.3. The van der Waals surface area contributed by atoms with Crippen molar-refractivity contribution in [3.8, 4) is 0 Å². The molecule has 66 heavy (non-hydrogen) atoms. The number of hydrogen-bond acceptors (Lipinski definition) is 12. The zero-order chi connectivity index (χ0) is 48.6. The van der Waals surface area contributed by atoms with Gasteiger partial charge in [-0.25, -0.2) is 4.79 Å². The molecule has 4 heterocycles. The third kappa shape index (κ3) is 13.7. The van der Waals surface area contributed by atoms with Gasteiger partial charge in [-0.1, -0.05) is 87.8 Å². The second kappa shape index (κ2) is 24.2. The predicted molar refractivity (Wildman–Crippen MR) is 254 cm³/mol. The maximum Gasteiger partial charge on any atom is 0.329 e. The number of fused-ring (bicyclic) bond motifs is 5. The van der Waals surface area contributed by atoms with Crippen LogP contribution in [0, 0.1) is 29.6 Å². The van der Waals surface area contributed by atoms with E-state index in [-0.39, 0.29) is 50.0 Å². The number of amides is 1. The molecule has 5 rings (SSSR count). The second-order valence-corrected chi connectivity index (χ2v) is 21.0. The summed E-state index contributed by atoms with van der Waals surface area (Å²) in [5.74, 6) is -7.01. The van der Waals surface area contributed by atoms with Crippen LogP contribution in [0.2, 0.25) is 0 Å². The lowest BCUT2D eigenvalue weighted by Crippen LogP contribution is -2.61. The summed E-state index contributed by atoms with van der Waals surface area (Å²) in [5.41, 5.74) is 3.04. The molecule has 0 spiro atoms. The molecule has 13 nitrogen and oxygen atoms in total. The summed E-state index contributed by atoms with van der Waals surface area (Å²) in [7, 11) is 0. The normalized spacial score (nSPS) is 39.3. The SMILES string of the molecule is CC/C1=C\CC(/C(C)=C/C(C)C(C)O)OC(=O)C2CCCCN2C(=O)C(=O)C2(O)OC(CCC2C)CC(O)C(C)C2CC(CC(O)/C(C)=C/C(C)CC(C)C1O)OC(c1ccc(Br)cc1)O2. The third-order valence-corrected chi connectivity index (χ3v) is 15.2. The van der Waals surface area contributed by atoms with Gasteiger partial charge in [-0.05, 0) is 113 Å². The standard InChI is InChI=1S/C52H78BrNO12/c1-10-37-17-21-45(32(5)25-30(3)36(9)55)64-50(61)42-13-11-12-22-54(42)49(60)48(59)52(62)34(7)14-20-40(66-52)26-44(57)35(8)46-28-41(63-51(65-46)38-15-18-39(53)19-16-38)27-43(56)31(4)23-29(2)24-33(6)47(37)58/h15-19,23,25,29-30,33-36,40-47,51,55-58,62H,10-14,20-22,24,26-28H2,1-9H3/b31-23+,32-25+,37-17+. The van der Waals surface area contributed by atoms with Gasteiger partial charge >= 0.3 is 5.97 Å². The molecule has 0 saturated carbocycles. The van der Waals surface area contributed by atoms with Gasteiger partial charge in [-0.2, -0.15) is 0 Å². The van der Waals surface area contributed by atoms with E-state index in [2.05, 4.69) is 28.9 Å². The quantitative estimate of drug-likeness (QED) is 0.109. The number of piperidine rings is 1. The summed E-state index contributed by atoms with van der Waals surface area (Å²) in [5, 5.41) is 57.5. The van der Waals surface area contributed by atoms with Gasteiger partial charge in [0, 0.05) is 53.6 Å². The van der Waals surface area contributed by atoms with Gasteiger partial charge in [-0.3, -0.25) is 9.59 Å². The average molecular weight is 989 g/mol.